The molecule has 4 atom stereocenters. The third-order valence-electron chi connectivity index (χ3n) is 3.49. The average Bonchev–Trinajstić information content (AvgIpc) is 2.27. The third kappa shape index (κ3) is 2.28. The summed E-state index contributed by atoms with van der Waals surface area (Å²) in [4.78, 5) is 14.0. The smallest absolute Gasteiger partial charge is 0.260 e. The van der Waals surface area contributed by atoms with Crippen molar-refractivity contribution >= 4 is 28.5 Å². The summed E-state index contributed by atoms with van der Waals surface area (Å²) in [5.41, 5.74) is 1.92. The molecule has 0 aromatic rings. The SMILES string of the molecule is CO[C@H]1C(=O)N2C(C(C)(C)C)=C(C)C(S(C)=O)S[C@H]12. The number of nitrogens with zero attached hydrogens (tertiary/aromatic N) is 1. The maximum Gasteiger partial charge on any atom is 0.260 e. The minimum Gasteiger partial charge on any atom is -0.368 e. The zero-order chi connectivity index (χ0) is 14.5. The zero-order valence-electron chi connectivity index (χ0n) is 12.2. The van der Waals surface area contributed by atoms with Gasteiger partial charge in [-0.25, -0.2) is 0 Å². The Hall–Kier alpha value is -0.330. The lowest BCUT2D eigenvalue weighted by Crippen LogP contribution is -2.66. The molecule has 2 heterocycles. The molecule has 1 saturated heterocycles. The van der Waals surface area contributed by atoms with Crippen LogP contribution in [0.2, 0.25) is 0 Å². The number of amides is 1. The molecule has 0 spiro atoms. The molecule has 19 heavy (non-hydrogen) atoms. The van der Waals surface area contributed by atoms with Crippen molar-refractivity contribution in [3.05, 3.63) is 11.3 Å². The molecule has 1 fully saturated rings. The number of β-lactam (4-membered cyclic amide) rings is 1. The predicted molar refractivity (Wildman–Crippen MR) is 79.0 cm³/mol. The van der Waals surface area contributed by atoms with Crippen molar-refractivity contribution in [3.63, 3.8) is 0 Å². The summed E-state index contributed by atoms with van der Waals surface area (Å²) < 4.78 is 17.2. The van der Waals surface area contributed by atoms with Crippen molar-refractivity contribution in [2.24, 2.45) is 5.41 Å². The van der Waals surface area contributed by atoms with E-state index in [0.29, 0.717) is 0 Å². The number of carbonyl (C=O) groups is 1. The molecule has 2 aliphatic rings. The van der Waals surface area contributed by atoms with Crippen LogP contribution >= 0.6 is 11.8 Å². The number of thioether (sulfide) groups is 1. The number of ether oxygens (including phenoxy) is 1. The van der Waals surface area contributed by atoms with Crippen LogP contribution in [0.3, 0.4) is 0 Å². The minimum atomic E-state index is -0.956. The molecule has 0 aromatic heterocycles. The molecule has 0 bridgehead atoms. The van der Waals surface area contributed by atoms with Crippen molar-refractivity contribution in [1.29, 1.82) is 0 Å². The van der Waals surface area contributed by atoms with Gasteiger partial charge < -0.3 is 4.74 Å². The summed E-state index contributed by atoms with van der Waals surface area (Å²) in [6.45, 7) is 8.25. The number of methoxy groups -OCH3 is 1. The van der Waals surface area contributed by atoms with Gasteiger partial charge in [0.25, 0.3) is 5.91 Å². The molecule has 0 saturated carbocycles. The van der Waals surface area contributed by atoms with Crippen molar-refractivity contribution in [3.8, 4) is 0 Å². The second kappa shape index (κ2) is 4.90. The highest BCUT2D eigenvalue weighted by molar-refractivity contribution is 8.12. The lowest BCUT2D eigenvalue weighted by Gasteiger charge is -2.54. The Morgan fingerprint density at radius 2 is 1.95 bits per heavy atom. The van der Waals surface area contributed by atoms with E-state index in [1.165, 1.54) is 0 Å². The zero-order valence-corrected chi connectivity index (χ0v) is 13.9. The molecular formula is C13H21NO3S2. The Labute approximate surface area is 121 Å². The Balaban J connectivity index is 2.49. The number of hydrogen-bond donors (Lipinski definition) is 0. The van der Waals surface area contributed by atoms with Gasteiger partial charge in [0.15, 0.2) is 6.10 Å². The molecule has 2 unspecified atom stereocenters. The number of carbonyl (C=O) groups excluding carboxylic acids is 1. The van der Waals surface area contributed by atoms with Gasteiger partial charge in [-0.2, -0.15) is 0 Å². The van der Waals surface area contributed by atoms with E-state index in [1.807, 2.05) is 11.8 Å². The topological polar surface area (TPSA) is 46.6 Å². The van der Waals surface area contributed by atoms with Gasteiger partial charge in [-0.05, 0) is 12.5 Å². The predicted octanol–water partition coefficient (Wildman–Crippen LogP) is 1.94. The molecule has 2 rings (SSSR count). The third-order valence-corrected chi connectivity index (χ3v) is 6.93. The van der Waals surface area contributed by atoms with E-state index in [4.69, 9.17) is 4.74 Å². The summed E-state index contributed by atoms with van der Waals surface area (Å²) in [6.07, 6.45) is 1.32. The first-order valence-corrected chi connectivity index (χ1v) is 8.81. The van der Waals surface area contributed by atoms with Crippen LogP contribution in [0.15, 0.2) is 11.3 Å². The fourth-order valence-corrected chi connectivity index (χ4v) is 5.68. The number of hydrogen-bond acceptors (Lipinski definition) is 4. The average molecular weight is 303 g/mol. The van der Waals surface area contributed by atoms with Crippen molar-refractivity contribution in [2.45, 2.75) is 43.8 Å². The molecule has 4 nitrogen and oxygen atoms in total. The molecule has 0 N–H and O–H groups in total. The first-order chi connectivity index (χ1) is 8.70. The van der Waals surface area contributed by atoms with Crippen LogP contribution in [-0.4, -0.2) is 44.4 Å². The van der Waals surface area contributed by atoms with Crippen molar-refractivity contribution in [1.82, 2.24) is 4.90 Å². The highest BCUT2D eigenvalue weighted by Crippen LogP contribution is 2.50. The number of fused-ring (bicyclic) bond motifs is 1. The summed E-state index contributed by atoms with van der Waals surface area (Å²) in [7, 11) is 0.600. The summed E-state index contributed by atoms with van der Waals surface area (Å²) in [5, 5.41) is -0.0377. The molecule has 0 aromatic carbocycles. The minimum absolute atomic E-state index is 0.0182. The van der Waals surface area contributed by atoms with E-state index in [1.54, 1.807) is 25.1 Å². The number of rotatable bonds is 2. The van der Waals surface area contributed by atoms with Gasteiger partial charge in [0.2, 0.25) is 0 Å². The van der Waals surface area contributed by atoms with E-state index < -0.39 is 16.9 Å². The molecule has 1 amide bonds. The molecule has 0 aliphatic carbocycles. The van der Waals surface area contributed by atoms with Gasteiger partial charge in [-0.15, -0.1) is 11.8 Å². The molecular weight excluding hydrogens is 282 g/mol. The van der Waals surface area contributed by atoms with Crippen LogP contribution < -0.4 is 0 Å². The quantitative estimate of drug-likeness (QED) is 0.732. The van der Waals surface area contributed by atoms with Gasteiger partial charge >= 0.3 is 0 Å². The second-order valence-electron chi connectivity index (χ2n) is 6.00. The van der Waals surface area contributed by atoms with Gasteiger partial charge in [0, 0.05) is 35.3 Å². The van der Waals surface area contributed by atoms with Crippen molar-refractivity contribution < 1.29 is 13.7 Å². The van der Waals surface area contributed by atoms with Crippen LogP contribution in [-0.2, 0) is 20.3 Å². The number of allylic oxidation sites excluding steroid dienone is 1. The standard InChI is InChI=1S/C13H21NO3S2/c1-7-9(13(2,3)4)14-10(15)8(17-5)11(14)18-12(7)19(6)16/h8,11-12H,1-6H3/t8-,11+,12?,19?/m0/s1. The molecule has 6 heteroatoms. The van der Waals surface area contributed by atoms with E-state index >= 15 is 0 Å². The fraction of sp³-hybridized carbons (Fsp3) is 0.769. The van der Waals surface area contributed by atoms with Crippen LogP contribution in [0.25, 0.3) is 0 Å². The highest BCUT2D eigenvalue weighted by Gasteiger charge is 2.56. The maximum absolute atomic E-state index is 12.2. The summed E-state index contributed by atoms with van der Waals surface area (Å²) >= 11 is 1.58. The summed E-state index contributed by atoms with van der Waals surface area (Å²) in [5.74, 6) is 0.0182. The summed E-state index contributed by atoms with van der Waals surface area (Å²) in [6, 6.07) is 0. The first kappa shape index (κ1) is 15.1. The van der Waals surface area contributed by atoms with Crippen LogP contribution in [0, 0.1) is 5.41 Å². The lowest BCUT2D eigenvalue weighted by molar-refractivity contribution is -0.159. The Morgan fingerprint density at radius 1 is 1.37 bits per heavy atom. The normalized spacial score (nSPS) is 33.1. The molecule has 0 radical (unpaired) electrons. The Bertz CT molecular complexity index is 467. The van der Waals surface area contributed by atoms with Crippen LogP contribution in [0.1, 0.15) is 27.7 Å². The second-order valence-corrected chi connectivity index (χ2v) is 9.00. The Kier molecular flexibility index (Phi) is 3.88. The first-order valence-electron chi connectivity index (χ1n) is 6.25. The van der Waals surface area contributed by atoms with Crippen LogP contribution in [0.4, 0.5) is 0 Å². The van der Waals surface area contributed by atoms with Gasteiger partial charge in [0.1, 0.15) is 9.96 Å². The van der Waals surface area contributed by atoms with Gasteiger partial charge in [-0.1, -0.05) is 20.8 Å². The Morgan fingerprint density at radius 3 is 2.37 bits per heavy atom. The lowest BCUT2D eigenvalue weighted by atomic mass is 9.85. The van der Waals surface area contributed by atoms with E-state index in [-0.39, 0.29) is 21.3 Å². The van der Waals surface area contributed by atoms with E-state index in [9.17, 15) is 9.00 Å². The van der Waals surface area contributed by atoms with Gasteiger partial charge in [0.05, 0.1) is 0 Å². The maximum atomic E-state index is 12.2. The van der Waals surface area contributed by atoms with Gasteiger partial charge in [-0.3, -0.25) is 13.9 Å². The fourth-order valence-electron chi connectivity index (χ4n) is 2.83. The van der Waals surface area contributed by atoms with E-state index in [0.717, 1.165) is 11.3 Å². The van der Waals surface area contributed by atoms with Crippen molar-refractivity contribution in [2.75, 3.05) is 13.4 Å². The van der Waals surface area contributed by atoms with Crippen LogP contribution in [0.5, 0.6) is 0 Å². The molecule has 108 valence electrons. The largest absolute Gasteiger partial charge is 0.368 e. The van der Waals surface area contributed by atoms with E-state index in [2.05, 4.69) is 20.8 Å². The highest BCUT2D eigenvalue weighted by atomic mass is 32.2. The molecule has 2 aliphatic heterocycles. The monoisotopic (exact) mass is 303 g/mol.